The molecular formula is C13H17N. The minimum Gasteiger partial charge on any atom is -0.316 e. The van der Waals surface area contributed by atoms with Crippen molar-refractivity contribution in [1.29, 1.82) is 0 Å². The Labute approximate surface area is 85.5 Å². The summed E-state index contributed by atoms with van der Waals surface area (Å²) >= 11 is 0. The monoisotopic (exact) mass is 187 g/mol. The number of nitrogens with one attached hydrogen (secondary N) is 1. The highest BCUT2D eigenvalue weighted by atomic mass is 14.9. The van der Waals surface area contributed by atoms with Crippen LogP contribution in [0.3, 0.4) is 0 Å². The summed E-state index contributed by atoms with van der Waals surface area (Å²) in [6, 6.07) is 10.9. The van der Waals surface area contributed by atoms with Gasteiger partial charge in [0.2, 0.25) is 0 Å². The van der Waals surface area contributed by atoms with Crippen molar-refractivity contribution >= 4 is 0 Å². The van der Waals surface area contributed by atoms with E-state index in [4.69, 9.17) is 0 Å². The first-order valence-electron chi connectivity index (χ1n) is 5.64. The highest BCUT2D eigenvalue weighted by Crippen LogP contribution is 2.57. The van der Waals surface area contributed by atoms with E-state index in [0.29, 0.717) is 5.41 Å². The first-order chi connectivity index (χ1) is 6.89. The number of benzene rings is 1. The minimum atomic E-state index is 0.704. The third-order valence-electron chi connectivity index (χ3n) is 3.96. The first-order valence-corrected chi connectivity index (χ1v) is 5.64. The van der Waals surface area contributed by atoms with Crippen molar-refractivity contribution < 1.29 is 0 Å². The largest absolute Gasteiger partial charge is 0.316 e. The molecule has 1 N–H and O–H groups in total. The molecule has 2 unspecified atom stereocenters. The summed E-state index contributed by atoms with van der Waals surface area (Å²) in [5, 5.41) is 3.49. The number of hydrogen-bond donors (Lipinski definition) is 1. The fourth-order valence-electron chi connectivity index (χ4n) is 2.90. The van der Waals surface area contributed by atoms with Crippen molar-refractivity contribution in [3.8, 4) is 0 Å². The molecule has 1 saturated heterocycles. The molecule has 1 spiro atoms. The molecule has 2 aliphatic rings. The standard InChI is InChI=1S/C13H17N/c1-2-4-11(5-3-1)8-12-9-13(12)6-7-14-10-13/h1-5,12,14H,6-10H2. The molecule has 0 radical (unpaired) electrons. The Morgan fingerprint density at radius 3 is 2.86 bits per heavy atom. The van der Waals surface area contributed by atoms with Crippen LogP contribution in [-0.2, 0) is 6.42 Å². The second kappa shape index (κ2) is 3.09. The Balaban J connectivity index is 1.65. The molecule has 0 bridgehead atoms. The summed E-state index contributed by atoms with van der Waals surface area (Å²) in [4.78, 5) is 0. The lowest BCUT2D eigenvalue weighted by Crippen LogP contribution is -2.11. The molecule has 1 aromatic rings. The maximum Gasteiger partial charge on any atom is 0.00112 e. The van der Waals surface area contributed by atoms with Gasteiger partial charge in [0, 0.05) is 6.54 Å². The summed E-state index contributed by atoms with van der Waals surface area (Å²) in [5.41, 5.74) is 2.22. The second-order valence-corrected chi connectivity index (χ2v) is 4.88. The number of hydrogen-bond acceptors (Lipinski definition) is 1. The number of rotatable bonds is 2. The summed E-state index contributed by atoms with van der Waals surface area (Å²) in [7, 11) is 0. The van der Waals surface area contributed by atoms with Crippen LogP contribution in [0.2, 0.25) is 0 Å². The molecule has 1 aromatic carbocycles. The van der Waals surface area contributed by atoms with E-state index in [2.05, 4.69) is 35.6 Å². The van der Waals surface area contributed by atoms with Gasteiger partial charge in [0.1, 0.15) is 0 Å². The van der Waals surface area contributed by atoms with Gasteiger partial charge >= 0.3 is 0 Å². The molecule has 1 nitrogen and oxygen atoms in total. The molecule has 2 atom stereocenters. The van der Waals surface area contributed by atoms with Crippen molar-refractivity contribution in [3.63, 3.8) is 0 Å². The normalized spacial score (nSPS) is 35.0. The minimum absolute atomic E-state index is 0.704. The molecule has 14 heavy (non-hydrogen) atoms. The van der Waals surface area contributed by atoms with E-state index in [9.17, 15) is 0 Å². The quantitative estimate of drug-likeness (QED) is 0.748. The van der Waals surface area contributed by atoms with Gasteiger partial charge in [-0.15, -0.1) is 0 Å². The molecule has 1 saturated carbocycles. The zero-order valence-corrected chi connectivity index (χ0v) is 8.50. The highest BCUT2D eigenvalue weighted by molar-refractivity contribution is 5.19. The molecule has 0 aromatic heterocycles. The van der Waals surface area contributed by atoms with Crippen molar-refractivity contribution in [3.05, 3.63) is 35.9 Å². The van der Waals surface area contributed by atoms with E-state index in [1.54, 1.807) is 0 Å². The molecule has 1 aliphatic heterocycles. The Morgan fingerprint density at radius 1 is 1.29 bits per heavy atom. The average molecular weight is 187 g/mol. The first kappa shape index (κ1) is 8.49. The van der Waals surface area contributed by atoms with E-state index < -0.39 is 0 Å². The zero-order valence-electron chi connectivity index (χ0n) is 8.50. The summed E-state index contributed by atoms with van der Waals surface area (Å²) in [5.74, 6) is 0.958. The van der Waals surface area contributed by atoms with Gasteiger partial charge in [-0.05, 0) is 42.7 Å². The molecular weight excluding hydrogens is 170 g/mol. The fourth-order valence-corrected chi connectivity index (χ4v) is 2.90. The van der Waals surface area contributed by atoms with Gasteiger partial charge in [-0.25, -0.2) is 0 Å². The Bertz CT molecular complexity index is 311. The fraction of sp³-hybridized carbons (Fsp3) is 0.538. The summed E-state index contributed by atoms with van der Waals surface area (Å²) in [6.07, 6.45) is 4.15. The zero-order chi connectivity index (χ0) is 9.43. The van der Waals surface area contributed by atoms with Crippen molar-refractivity contribution in [2.75, 3.05) is 13.1 Å². The third-order valence-corrected chi connectivity index (χ3v) is 3.96. The molecule has 1 aliphatic carbocycles. The van der Waals surface area contributed by atoms with Gasteiger partial charge in [-0.1, -0.05) is 30.3 Å². The Hall–Kier alpha value is -0.820. The van der Waals surface area contributed by atoms with Crippen LogP contribution in [-0.4, -0.2) is 13.1 Å². The molecule has 1 heterocycles. The van der Waals surface area contributed by atoms with Crippen LogP contribution in [0.5, 0.6) is 0 Å². The van der Waals surface area contributed by atoms with Gasteiger partial charge < -0.3 is 5.32 Å². The maximum atomic E-state index is 3.49. The average Bonchev–Trinajstić information content (AvgIpc) is 2.67. The van der Waals surface area contributed by atoms with E-state index in [1.807, 2.05) is 0 Å². The summed E-state index contributed by atoms with van der Waals surface area (Å²) < 4.78 is 0. The highest BCUT2D eigenvalue weighted by Gasteiger charge is 2.54. The van der Waals surface area contributed by atoms with Crippen LogP contribution in [0.25, 0.3) is 0 Å². The van der Waals surface area contributed by atoms with Crippen LogP contribution in [0.1, 0.15) is 18.4 Å². The van der Waals surface area contributed by atoms with Crippen molar-refractivity contribution in [1.82, 2.24) is 5.32 Å². The predicted molar refractivity (Wildman–Crippen MR) is 58.2 cm³/mol. The van der Waals surface area contributed by atoms with Crippen LogP contribution >= 0.6 is 0 Å². The van der Waals surface area contributed by atoms with E-state index >= 15 is 0 Å². The molecule has 0 amide bonds. The third kappa shape index (κ3) is 1.36. The van der Waals surface area contributed by atoms with E-state index in [0.717, 1.165) is 5.92 Å². The lowest BCUT2D eigenvalue weighted by atomic mass is 9.98. The van der Waals surface area contributed by atoms with E-state index in [1.165, 1.54) is 37.9 Å². The topological polar surface area (TPSA) is 12.0 Å². The molecule has 74 valence electrons. The van der Waals surface area contributed by atoms with Gasteiger partial charge in [-0.3, -0.25) is 0 Å². The lowest BCUT2D eigenvalue weighted by molar-refractivity contribution is 0.500. The van der Waals surface area contributed by atoms with Crippen LogP contribution in [0.15, 0.2) is 30.3 Å². The SMILES string of the molecule is c1ccc(CC2CC23CCNC3)cc1. The predicted octanol–water partition coefficient (Wildman–Crippen LogP) is 2.23. The van der Waals surface area contributed by atoms with Gasteiger partial charge in [-0.2, -0.15) is 0 Å². The molecule has 1 heteroatoms. The van der Waals surface area contributed by atoms with Gasteiger partial charge in [0.05, 0.1) is 0 Å². The lowest BCUT2D eigenvalue weighted by Gasteiger charge is -2.06. The van der Waals surface area contributed by atoms with Crippen LogP contribution < -0.4 is 5.32 Å². The van der Waals surface area contributed by atoms with Crippen molar-refractivity contribution in [2.45, 2.75) is 19.3 Å². The maximum absolute atomic E-state index is 3.49. The van der Waals surface area contributed by atoms with Crippen LogP contribution in [0.4, 0.5) is 0 Å². The van der Waals surface area contributed by atoms with Crippen molar-refractivity contribution in [2.24, 2.45) is 11.3 Å². The molecule has 3 rings (SSSR count). The van der Waals surface area contributed by atoms with Gasteiger partial charge in [0.25, 0.3) is 0 Å². The Kier molecular flexibility index (Phi) is 1.88. The van der Waals surface area contributed by atoms with Crippen LogP contribution in [0, 0.1) is 11.3 Å². The van der Waals surface area contributed by atoms with E-state index in [-0.39, 0.29) is 0 Å². The second-order valence-electron chi connectivity index (χ2n) is 4.88. The molecule has 2 fully saturated rings. The van der Waals surface area contributed by atoms with Gasteiger partial charge in [0.15, 0.2) is 0 Å². The Morgan fingerprint density at radius 2 is 2.14 bits per heavy atom. The summed E-state index contributed by atoms with van der Waals surface area (Å²) in [6.45, 7) is 2.51. The smallest absolute Gasteiger partial charge is 0.00112 e.